The third kappa shape index (κ3) is 1.86. The molecule has 2 aromatic rings. The van der Waals surface area contributed by atoms with E-state index in [4.69, 9.17) is 16.3 Å². The van der Waals surface area contributed by atoms with Crippen LogP contribution in [0.1, 0.15) is 17.3 Å². The molecule has 0 atom stereocenters. The fourth-order valence-electron chi connectivity index (χ4n) is 1.53. The average Bonchev–Trinajstić information content (AvgIpc) is 2.29. The first-order valence-electron chi connectivity index (χ1n) is 4.94. The van der Waals surface area contributed by atoms with Gasteiger partial charge in [0.25, 0.3) is 0 Å². The lowest BCUT2D eigenvalue weighted by molar-refractivity contribution is 0.0528. The Kier molecular flexibility index (Phi) is 3.06. The number of aromatic nitrogens is 1. The lowest BCUT2D eigenvalue weighted by atomic mass is 10.1. The second-order valence-electron chi connectivity index (χ2n) is 3.21. The van der Waals surface area contributed by atoms with Crippen LogP contribution in [0.4, 0.5) is 0 Å². The van der Waals surface area contributed by atoms with Gasteiger partial charge in [-0.05, 0) is 19.1 Å². The number of hydrogen-bond acceptors (Lipinski definition) is 3. The molecule has 16 heavy (non-hydrogen) atoms. The third-order valence-corrected chi connectivity index (χ3v) is 2.52. The van der Waals surface area contributed by atoms with Crippen molar-refractivity contribution < 1.29 is 9.53 Å². The van der Waals surface area contributed by atoms with Crippen molar-refractivity contribution in [3.8, 4) is 0 Å². The van der Waals surface area contributed by atoms with Crippen LogP contribution in [0, 0.1) is 0 Å². The molecule has 0 aliphatic carbocycles. The molecule has 0 aliphatic heterocycles. The van der Waals surface area contributed by atoms with Crippen molar-refractivity contribution in [3.63, 3.8) is 0 Å². The summed E-state index contributed by atoms with van der Waals surface area (Å²) in [5.41, 5.74) is 1.11. The molecule has 0 unspecified atom stereocenters. The molecular weight excluding hydrogens is 226 g/mol. The van der Waals surface area contributed by atoms with Gasteiger partial charge >= 0.3 is 5.97 Å². The van der Waals surface area contributed by atoms with Gasteiger partial charge in [0.2, 0.25) is 0 Å². The van der Waals surface area contributed by atoms with E-state index in [-0.39, 0.29) is 5.97 Å². The minimum Gasteiger partial charge on any atom is -0.462 e. The van der Waals surface area contributed by atoms with Crippen molar-refractivity contribution in [2.24, 2.45) is 0 Å². The number of carbonyl (C=O) groups excluding carboxylic acids is 1. The number of halogens is 1. The number of para-hydroxylation sites is 1. The zero-order chi connectivity index (χ0) is 11.5. The Morgan fingerprint density at radius 3 is 3.00 bits per heavy atom. The molecule has 0 amide bonds. The van der Waals surface area contributed by atoms with Gasteiger partial charge in [-0.15, -0.1) is 0 Å². The van der Waals surface area contributed by atoms with E-state index in [0.717, 1.165) is 0 Å². The molecule has 1 heterocycles. The summed E-state index contributed by atoms with van der Waals surface area (Å²) in [7, 11) is 0. The molecule has 0 N–H and O–H groups in total. The summed E-state index contributed by atoms with van der Waals surface area (Å²) < 4.78 is 4.97. The molecule has 0 spiro atoms. The van der Waals surface area contributed by atoms with Gasteiger partial charge in [-0.2, -0.15) is 0 Å². The minimum absolute atomic E-state index is 0.350. The van der Waals surface area contributed by atoms with Crippen LogP contribution in [0.15, 0.2) is 30.5 Å². The number of carbonyl (C=O) groups is 1. The average molecular weight is 236 g/mol. The van der Waals surface area contributed by atoms with E-state index in [1.165, 1.54) is 0 Å². The Morgan fingerprint density at radius 2 is 2.25 bits per heavy atom. The number of ether oxygens (including phenoxy) is 1. The molecule has 3 nitrogen and oxygen atoms in total. The molecule has 0 fully saturated rings. The van der Waals surface area contributed by atoms with Gasteiger partial charge in [0, 0.05) is 11.6 Å². The SMILES string of the molecule is CCOC(=O)c1ccnc2c(Cl)cccc12. The maximum atomic E-state index is 11.7. The van der Waals surface area contributed by atoms with E-state index in [1.54, 1.807) is 37.4 Å². The van der Waals surface area contributed by atoms with Crippen LogP contribution in [0.5, 0.6) is 0 Å². The topological polar surface area (TPSA) is 39.2 Å². The van der Waals surface area contributed by atoms with Crippen molar-refractivity contribution >= 4 is 28.5 Å². The molecule has 1 aromatic heterocycles. The molecule has 4 heteroatoms. The van der Waals surface area contributed by atoms with E-state index >= 15 is 0 Å². The summed E-state index contributed by atoms with van der Waals surface area (Å²) in [5.74, 6) is -0.350. The fraction of sp³-hybridized carbons (Fsp3) is 0.167. The van der Waals surface area contributed by atoms with Crippen LogP contribution in [0.2, 0.25) is 5.02 Å². The maximum Gasteiger partial charge on any atom is 0.338 e. The molecule has 0 radical (unpaired) electrons. The van der Waals surface area contributed by atoms with E-state index in [9.17, 15) is 4.79 Å². The molecule has 0 bridgehead atoms. The minimum atomic E-state index is -0.350. The maximum absolute atomic E-state index is 11.7. The van der Waals surface area contributed by atoms with Crippen LogP contribution in [-0.2, 0) is 4.74 Å². The summed E-state index contributed by atoms with van der Waals surface area (Å²) >= 11 is 6.00. The van der Waals surface area contributed by atoms with Gasteiger partial charge in [-0.1, -0.05) is 23.7 Å². The molecular formula is C12H10ClNO2. The first-order valence-corrected chi connectivity index (χ1v) is 5.32. The highest BCUT2D eigenvalue weighted by Crippen LogP contribution is 2.24. The first kappa shape index (κ1) is 10.9. The van der Waals surface area contributed by atoms with Gasteiger partial charge in [0.15, 0.2) is 0 Å². The molecule has 2 rings (SSSR count). The normalized spacial score (nSPS) is 10.4. The number of rotatable bonds is 2. The Morgan fingerprint density at radius 1 is 1.44 bits per heavy atom. The number of fused-ring (bicyclic) bond motifs is 1. The summed E-state index contributed by atoms with van der Waals surface area (Å²) in [4.78, 5) is 15.8. The first-order chi connectivity index (χ1) is 7.74. The fourth-order valence-corrected chi connectivity index (χ4v) is 1.75. The highest BCUT2D eigenvalue weighted by Gasteiger charge is 2.12. The zero-order valence-electron chi connectivity index (χ0n) is 8.74. The number of pyridine rings is 1. The van der Waals surface area contributed by atoms with Crippen molar-refractivity contribution in [3.05, 3.63) is 41.0 Å². The predicted octanol–water partition coefficient (Wildman–Crippen LogP) is 3.06. The van der Waals surface area contributed by atoms with Crippen LogP contribution in [0.25, 0.3) is 10.9 Å². The van der Waals surface area contributed by atoms with Crippen LogP contribution in [-0.4, -0.2) is 17.6 Å². The predicted molar refractivity (Wildman–Crippen MR) is 62.7 cm³/mol. The number of esters is 1. The Hall–Kier alpha value is -1.61. The van der Waals surface area contributed by atoms with Crippen LogP contribution in [0.3, 0.4) is 0 Å². The second-order valence-corrected chi connectivity index (χ2v) is 3.62. The third-order valence-electron chi connectivity index (χ3n) is 2.22. The second kappa shape index (κ2) is 4.49. The summed E-state index contributed by atoms with van der Waals surface area (Å²) in [6.45, 7) is 2.12. The molecule has 82 valence electrons. The molecule has 0 saturated heterocycles. The summed E-state index contributed by atoms with van der Waals surface area (Å²) in [5, 5.41) is 1.25. The van der Waals surface area contributed by atoms with Gasteiger partial charge in [-0.3, -0.25) is 4.98 Å². The van der Waals surface area contributed by atoms with Crippen molar-refractivity contribution in [1.82, 2.24) is 4.98 Å². The van der Waals surface area contributed by atoms with E-state index in [1.807, 2.05) is 0 Å². The lowest BCUT2D eigenvalue weighted by Crippen LogP contribution is -2.05. The van der Waals surface area contributed by atoms with Gasteiger partial charge < -0.3 is 4.74 Å². The van der Waals surface area contributed by atoms with Gasteiger partial charge in [-0.25, -0.2) is 4.79 Å². The Bertz CT molecular complexity index is 540. The molecule has 0 aliphatic rings. The lowest BCUT2D eigenvalue weighted by Gasteiger charge is -2.05. The highest BCUT2D eigenvalue weighted by atomic mass is 35.5. The zero-order valence-corrected chi connectivity index (χ0v) is 9.49. The Balaban J connectivity index is 2.62. The molecule has 1 aromatic carbocycles. The van der Waals surface area contributed by atoms with E-state index in [2.05, 4.69) is 4.98 Å². The molecule has 0 saturated carbocycles. The largest absolute Gasteiger partial charge is 0.462 e. The Labute approximate surface area is 98.0 Å². The standard InChI is InChI=1S/C12H10ClNO2/c1-2-16-12(15)9-6-7-14-11-8(9)4-3-5-10(11)13/h3-7H,2H2,1H3. The van der Waals surface area contributed by atoms with E-state index < -0.39 is 0 Å². The van der Waals surface area contributed by atoms with Crippen molar-refractivity contribution in [1.29, 1.82) is 0 Å². The highest BCUT2D eigenvalue weighted by molar-refractivity contribution is 6.35. The monoisotopic (exact) mass is 235 g/mol. The van der Waals surface area contributed by atoms with Gasteiger partial charge in [0.1, 0.15) is 0 Å². The van der Waals surface area contributed by atoms with Crippen LogP contribution >= 0.6 is 11.6 Å². The smallest absolute Gasteiger partial charge is 0.338 e. The summed E-state index contributed by atoms with van der Waals surface area (Å²) in [6.07, 6.45) is 1.56. The summed E-state index contributed by atoms with van der Waals surface area (Å²) in [6, 6.07) is 6.97. The number of benzene rings is 1. The van der Waals surface area contributed by atoms with Crippen LogP contribution < -0.4 is 0 Å². The van der Waals surface area contributed by atoms with Crippen molar-refractivity contribution in [2.45, 2.75) is 6.92 Å². The van der Waals surface area contributed by atoms with Crippen molar-refractivity contribution in [2.75, 3.05) is 6.61 Å². The quantitative estimate of drug-likeness (QED) is 0.751. The van der Waals surface area contributed by atoms with Gasteiger partial charge in [0.05, 0.1) is 22.7 Å². The number of nitrogens with zero attached hydrogens (tertiary/aromatic N) is 1. The number of hydrogen-bond donors (Lipinski definition) is 0. The van der Waals surface area contributed by atoms with E-state index in [0.29, 0.717) is 28.1 Å².